The van der Waals surface area contributed by atoms with Gasteiger partial charge in [0.05, 0.1) is 17.1 Å². The van der Waals surface area contributed by atoms with E-state index in [9.17, 15) is 0 Å². The quantitative estimate of drug-likeness (QED) is 0.0273. The van der Waals surface area contributed by atoms with Gasteiger partial charge >= 0.3 is 0 Å². The molecular weight excluding hydrogens is 927 g/mol. The monoisotopic (exact) mass is 1040 g/mol. The van der Waals surface area contributed by atoms with Crippen LogP contribution in [-0.4, -0.2) is 11.4 Å². The van der Waals surface area contributed by atoms with Crippen LogP contribution in [-0.2, 0) is 29.3 Å². The second-order valence-corrected chi connectivity index (χ2v) is 21.3. The van der Waals surface area contributed by atoms with E-state index in [4.69, 9.17) is 9.98 Å². The summed E-state index contributed by atoms with van der Waals surface area (Å²) in [6.07, 6.45) is 58.8. The first-order valence-electron chi connectivity index (χ1n) is 31.5. The topological polar surface area (TPSA) is 24.7 Å². The summed E-state index contributed by atoms with van der Waals surface area (Å²) in [5.41, 5.74) is 6.46. The van der Waals surface area contributed by atoms with Gasteiger partial charge in [0.15, 0.2) is 0 Å². The molecule has 0 fully saturated rings. The molecule has 0 unspecified atom stereocenters. The molecule has 0 saturated carbocycles. The molecule has 0 aromatic heterocycles. The molecule has 0 atom stereocenters. The molecule has 2 rings (SSSR count). The van der Waals surface area contributed by atoms with Crippen molar-refractivity contribution in [3.63, 3.8) is 0 Å². The van der Waals surface area contributed by atoms with Crippen molar-refractivity contribution in [2.75, 3.05) is 0 Å². The smallest absolute Gasteiger partial charge is 0.135 e. The molecule has 412 valence electrons. The molecule has 0 radical (unpaired) electrons. The van der Waals surface area contributed by atoms with Crippen LogP contribution in [0.2, 0.25) is 0 Å². The van der Waals surface area contributed by atoms with Gasteiger partial charge in [-0.05, 0) is 74.1 Å². The van der Waals surface area contributed by atoms with Gasteiger partial charge < -0.3 is 0 Å². The van der Waals surface area contributed by atoms with Crippen LogP contribution in [0.1, 0.15) is 321 Å². The summed E-state index contributed by atoms with van der Waals surface area (Å²) in [7, 11) is 0. The van der Waals surface area contributed by atoms with Crippen molar-refractivity contribution in [2.45, 2.75) is 323 Å². The Morgan fingerprint density at radius 3 is 1.00 bits per heavy atom. The second-order valence-electron chi connectivity index (χ2n) is 21.3. The van der Waals surface area contributed by atoms with Gasteiger partial charge in [-0.15, -0.1) is 23.7 Å². The molecule has 0 N–H and O–H groups in total. The normalized spacial score (nSPS) is 11.3. The fourth-order valence-corrected chi connectivity index (χ4v) is 9.74. The number of para-hydroxylation sites is 2. The summed E-state index contributed by atoms with van der Waals surface area (Å²) in [6, 6.07) is 17.4. The van der Waals surface area contributed by atoms with E-state index in [1.807, 2.05) is 0 Å². The number of aryl methyl sites for hydroxylation is 2. The van der Waals surface area contributed by atoms with Gasteiger partial charge in [-0.2, -0.15) is 0 Å². The van der Waals surface area contributed by atoms with Crippen molar-refractivity contribution in [3.8, 4) is 35.5 Å². The summed E-state index contributed by atoms with van der Waals surface area (Å²) in [5.74, 6) is 21.1. The van der Waals surface area contributed by atoms with E-state index in [1.165, 1.54) is 242 Å². The zero-order chi connectivity index (χ0) is 51.3. The molecule has 2 nitrogen and oxygen atoms in total. The fourth-order valence-electron chi connectivity index (χ4n) is 9.74. The minimum absolute atomic E-state index is 0. The van der Waals surface area contributed by atoms with E-state index in [0.29, 0.717) is 0 Å². The summed E-state index contributed by atoms with van der Waals surface area (Å²) in [5, 5.41) is 0. The Balaban J connectivity index is 0.0000266. The van der Waals surface area contributed by atoms with Crippen LogP contribution in [0.3, 0.4) is 0 Å². The Bertz CT molecular complexity index is 1800. The first kappa shape index (κ1) is 68.0. The third-order valence-electron chi connectivity index (χ3n) is 14.5. The molecule has 0 aliphatic heterocycles. The first-order valence-corrected chi connectivity index (χ1v) is 31.5. The fraction of sp³-hybridized carbons (Fsp3) is 0.714. The minimum Gasteiger partial charge on any atom is -0.250 e. The van der Waals surface area contributed by atoms with E-state index in [1.54, 1.807) is 0 Å². The predicted octanol–water partition coefficient (Wildman–Crippen LogP) is 22.9. The van der Waals surface area contributed by atoms with Crippen molar-refractivity contribution in [1.82, 2.24) is 0 Å². The molecular formula is C70H112N2Ni. The van der Waals surface area contributed by atoms with Crippen molar-refractivity contribution in [1.29, 1.82) is 0 Å². The van der Waals surface area contributed by atoms with Crippen LogP contribution in [0.5, 0.6) is 0 Å². The van der Waals surface area contributed by atoms with E-state index in [-0.39, 0.29) is 16.5 Å². The molecule has 0 saturated heterocycles. The van der Waals surface area contributed by atoms with Gasteiger partial charge in [-0.3, -0.25) is 4.99 Å². The van der Waals surface area contributed by atoms with Crippen LogP contribution in [0.4, 0.5) is 11.4 Å². The standard InChI is InChI=1S/C70H112N2.Ni/c1-5-9-13-17-20-23-26-27-28-29-30-31-32-33-34-35-36-37-38-41-44-48-52-64-70(72-68-62-56-54-60-66(68)58-50-47-43-40-25-22-19-15-11-7-3)69(63-51-45-16-12-8-4)71-67-61-55-53-59-65(67)57-49-46-42-39-24-21-18-14-10-6-2;/h53-56,59-62H,5-41,44-45,48-50,52,57-58,64H2,1-4H3;/b71-69+,72-70-;. The SMILES string of the molecule is CCCCCC#CC(=N\c1ccccc1CCC#CCCCCCCCC)/C(CCCCCCCCCCCCCCCCCCCCCCCCC)=N\c1ccccc1CCC#CCCCCCCCC.[Ni]. The summed E-state index contributed by atoms with van der Waals surface area (Å²) < 4.78 is 0. The van der Waals surface area contributed by atoms with E-state index in [2.05, 4.69) is 112 Å². The maximum Gasteiger partial charge on any atom is 0.135 e. The molecule has 0 spiro atoms. The second kappa shape index (κ2) is 53.8. The van der Waals surface area contributed by atoms with Crippen LogP contribution >= 0.6 is 0 Å². The zero-order valence-corrected chi connectivity index (χ0v) is 49.3. The Morgan fingerprint density at radius 1 is 0.315 bits per heavy atom. The van der Waals surface area contributed by atoms with Crippen molar-refractivity contribution in [2.24, 2.45) is 9.98 Å². The molecule has 2 aromatic carbocycles. The first-order chi connectivity index (χ1) is 35.7. The summed E-state index contributed by atoms with van der Waals surface area (Å²) in [4.78, 5) is 11.0. The third-order valence-corrected chi connectivity index (χ3v) is 14.5. The number of hydrogen-bond acceptors (Lipinski definition) is 2. The van der Waals surface area contributed by atoms with Crippen molar-refractivity contribution >= 4 is 22.8 Å². The molecule has 0 aliphatic carbocycles. The number of unbranched alkanes of at least 4 members (excludes halogenated alkanes) is 37. The molecule has 3 heteroatoms. The maximum atomic E-state index is 5.53. The summed E-state index contributed by atoms with van der Waals surface area (Å²) in [6.45, 7) is 9.14. The molecule has 0 bridgehead atoms. The van der Waals surface area contributed by atoms with Gasteiger partial charge in [0.2, 0.25) is 0 Å². The number of rotatable bonds is 46. The largest absolute Gasteiger partial charge is 0.250 e. The van der Waals surface area contributed by atoms with Crippen LogP contribution in [0.15, 0.2) is 58.5 Å². The van der Waals surface area contributed by atoms with Gasteiger partial charge in [0.1, 0.15) is 5.71 Å². The Hall–Kier alpha value is -3.05. The Kier molecular flexibility index (Phi) is 50.1. The van der Waals surface area contributed by atoms with E-state index in [0.717, 1.165) is 87.0 Å². The number of nitrogens with zero attached hydrogens (tertiary/aromatic N) is 2. The average Bonchev–Trinajstić information content (AvgIpc) is 3.40. The van der Waals surface area contributed by atoms with E-state index >= 15 is 0 Å². The number of hydrogen-bond donors (Lipinski definition) is 0. The minimum atomic E-state index is 0. The van der Waals surface area contributed by atoms with Crippen molar-refractivity contribution in [3.05, 3.63) is 59.7 Å². The molecule has 0 aliphatic rings. The third kappa shape index (κ3) is 40.9. The van der Waals surface area contributed by atoms with Crippen molar-refractivity contribution < 1.29 is 16.5 Å². The van der Waals surface area contributed by atoms with Crippen LogP contribution in [0, 0.1) is 35.5 Å². The molecule has 73 heavy (non-hydrogen) atoms. The number of benzene rings is 2. The van der Waals surface area contributed by atoms with Gasteiger partial charge in [-0.25, -0.2) is 4.99 Å². The molecule has 0 amide bonds. The Labute approximate surface area is 464 Å². The summed E-state index contributed by atoms with van der Waals surface area (Å²) >= 11 is 0. The zero-order valence-electron chi connectivity index (χ0n) is 48.4. The van der Waals surface area contributed by atoms with E-state index < -0.39 is 0 Å². The predicted molar refractivity (Wildman–Crippen MR) is 324 cm³/mol. The average molecular weight is 1040 g/mol. The van der Waals surface area contributed by atoms with Crippen LogP contribution < -0.4 is 0 Å². The van der Waals surface area contributed by atoms with Crippen LogP contribution in [0.25, 0.3) is 0 Å². The Morgan fingerprint density at radius 2 is 0.603 bits per heavy atom. The van der Waals surface area contributed by atoms with Gasteiger partial charge in [0.25, 0.3) is 0 Å². The van der Waals surface area contributed by atoms with Gasteiger partial charge in [0, 0.05) is 48.6 Å². The maximum absolute atomic E-state index is 5.53. The molecule has 2 aromatic rings. The number of aliphatic imine (C=N–C) groups is 2. The van der Waals surface area contributed by atoms with Gasteiger partial charge in [-0.1, -0.05) is 288 Å². The molecule has 0 heterocycles.